The van der Waals surface area contributed by atoms with Gasteiger partial charge in [0.15, 0.2) is 0 Å². The lowest BCUT2D eigenvalue weighted by atomic mass is 10.4. The summed E-state index contributed by atoms with van der Waals surface area (Å²) < 4.78 is 0. The molecule has 0 atom stereocenters. The third-order valence-corrected chi connectivity index (χ3v) is 4.87. The van der Waals surface area contributed by atoms with Crippen molar-refractivity contribution in [3.8, 4) is 0 Å². The van der Waals surface area contributed by atoms with Crippen LogP contribution in [0.5, 0.6) is 0 Å². The SMILES string of the molecule is C(=NN=C(NN=Cc1ccsc1)NN=Cc1ccsc1)c1ccsc1. The van der Waals surface area contributed by atoms with Gasteiger partial charge in [-0.2, -0.15) is 49.3 Å². The van der Waals surface area contributed by atoms with E-state index in [-0.39, 0.29) is 0 Å². The van der Waals surface area contributed by atoms with Crippen molar-refractivity contribution in [1.29, 1.82) is 0 Å². The van der Waals surface area contributed by atoms with Crippen LogP contribution in [0.1, 0.15) is 16.7 Å². The maximum atomic E-state index is 4.14. The van der Waals surface area contributed by atoms with Gasteiger partial charge in [-0.15, -0.1) is 5.10 Å². The molecule has 0 saturated heterocycles. The summed E-state index contributed by atoms with van der Waals surface area (Å²) >= 11 is 4.83. The molecule has 0 bridgehead atoms. The molecule has 25 heavy (non-hydrogen) atoms. The van der Waals surface area contributed by atoms with Crippen molar-refractivity contribution in [2.24, 2.45) is 20.4 Å². The van der Waals surface area contributed by atoms with Crippen LogP contribution in [0.25, 0.3) is 0 Å². The topological polar surface area (TPSA) is 73.5 Å². The van der Waals surface area contributed by atoms with Crippen LogP contribution >= 0.6 is 34.0 Å². The molecule has 3 rings (SSSR count). The Morgan fingerprint density at radius 2 is 1.20 bits per heavy atom. The average molecular weight is 387 g/mol. The predicted octanol–water partition coefficient (Wildman–Crippen LogP) is 3.81. The number of nitrogens with one attached hydrogen (secondary N) is 2. The summed E-state index contributed by atoms with van der Waals surface area (Å²) in [6, 6.07) is 5.92. The second kappa shape index (κ2) is 9.62. The van der Waals surface area contributed by atoms with E-state index in [1.54, 1.807) is 52.7 Å². The van der Waals surface area contributed by atoms with Gasteiger partial charge in [0.05, 0.1) is 18.6 Å². The van der Waals surface area contributed by atoms with Gasteiger partial charge >= 0.3 is 0 Å². The Labute approximate surface area is 157 Å². The van der Waals surface area contributed by atoms with Gasteiger partial charge in [0.2, 0.25) is 0 Å². The van der Waals surface area contributed by atoms with Crippen LogP contribution < -0.4 is 10.9 Å². The van der Waals surface area contributed by atoms with Gasteiger partial charge in [-0.05, 0) is 50.5 Å². The van der Waals surface area contributed by atoms with E-state index in [9.17, 15) is 0 Å². The van der Waals surface area contributed by atoms with Crippen LogP contribution in [0.3, 0.4) is 0 Å². The molecule has 0 radical (unpaired) electrons. The Bertz CT molecular complexity index is 798. The third kappa shape index (κ3) is 6.07. The quantitative estimate of drug-likeness (QED) is 0.384. The van der Waals surface area contributed by atoms with Crippen LogP contribution in [0.4, 0.5) is 0 Å². The minimum Gasteiger partial charge on any atom is -0.244 e. The number of hydrogen-bond acceptors (Lipinski definition) is 7. The molecule has 0 saturated carbocycles. The van der Waals surface area contributed by atoms with Gasteiger partial charge in [0.1, 0.15) is 0 Å². The van der Waals surface area contributed by atoms with Gasteiger partial charge in [-0.1, -0.05) is 0 Å². The fraction of sp³-hybridized carbons (Fsp3) is 0. The highest BCUT2D eigenvalue weighted by atomic mass is 32.1. The molecule has 2 N–H and O–H groups in total. The summed E-state index contributed by atoms with van der Waals surface area (Å²) in [6.07, 6.45) is 5.09. The molecule has 3 heterocycles. The minimum atomic E-state index is 0.324. The molecule has 0 aliphatic carbocycles. The number of hydrogen-bond donors (Lipinski definition) is 2. The molecule has 3 aromatic rings. The van der Waals surface area contributed by atoms with Crippen molar-refractivity contribution in [3.05, 3.63) is 67.2 Å². The Morgan fingerprint density at radius 1 is 0.720 bits per heavy atom. The molecule has 3 aromatic heterocycles. The lowest BCUT2D eigenvalue weighted by Gasteiger charge is -2.01. The summed E-state index contributed by atoms with van der Waals surface area (Å²) in [5, 5.41) is 28.4. The van der Waals surface area contributed by atoms with Crippen molar-refractivity contribution >= 4 is 58.6 Å². The zero-order chi connectivity index (χ0) is 17.2. The van der Waals surface area contributed by atoms with E-state index in [2.05, 4.69) is 31.3 Å². The van der Waals surface area contributed by atoms with Crippen LogP contribution in [0, 0.1) is 0 Å². The molecule has 6 nitrogen and oxygen atoms in total. The van der Waals surface area contributed by atoms with E-state index in [4.69, 9.17) is 0 Å². The zero-order valence-corrected chi connectivity index (χ0v) is 15.4. The number of guanidine groups is 1. The zero-order valence-electron chi connectivity index (χ0n) is 12.9. The highest BCUT2D eigenvalue weighted by Crippen LogP contribution is 2.03. The highest BCUT2D eigenvalue weighted by Gasteiger charge is 1.95. The normalized spacial score (nSPS) is 11.5. The first-order chi connectivity index (χ1) is 12.4. The molecular weight excluding hydrogens is 372 g/mol. The second-order valence-electron chi connectivity index (χ2n) is 4.60. The Balaban J connectivity index is 1.63. The van der Waals surface area contributed by atoms with Crippen LogP contribution in [-0.4, -0.2) is 24.6 Å². The van der Waals surface area contributed by atoms with E-state index >= 15 is 0 Å². The van der Waals surface area contributed by atoms with Crippen molar-refractivity contribution < 1.29 is 0 Å². The van der Waals surface area contributed by atoms with E-state index < -0.39 is 0 Å². The fourth-order valence-corrected chi connectivity index (χ4v) is 3.44. The molecule has 0 aromatic carbocycles. The summed E-state index contributed by atoms with van der Waals surface area (Å²) in [5.41, 5.74) is 8.64. The lowest BCUT2D eigenvalue weighted by Crippen LogP contribution is -2.30. The van der Waals surface area contributed by atoms with Gasteiger partial charge < -0.3 is 0 Å². The van der Waals surface area contributed by atoms with Crippen LogP contribution in [0.2, 0.25) is 0 Å². The van der Waals surface area contributed by atoms with Crippen molar-refractivity contribution in [1.82, 2.24) is 10.9 Å². The Kier molecular flexibility index (Phi) is 6.62. The molecule has 0 amide bonds. The number of rotatable bonds is 6. The van der Waals surface area contributed by atoms with Crippen molar-refractivity contribution in [3.63, 3.8) is 0 Å². The summed E-state index contributed by atoms with van der Waals surface area (Å²) in [6.45, 7) is 0. The number of thiophene rings is 3. The molecule has 0 spiro atoms. The van der Waals surface area contributed by atoms with Crippen LogP contribution in [0.15, 0.2) is 70.9 Å². The molecule has 9 heteroatoms. The Hall–Kier alpha value is -2.62. The fourth-order valence-electron chi connectivity index (χ4n) is 1.60. The average Bonchev–Trinajstić information content (AvgIpc) is 3.38. The molecule has 0 unspecified atom stereocenters. The van der Waals surface area contributed by atoms with Crippen LogP contribution in [-0.2, 0) is 0 Å². The van der Waals surface area contributed by atoms with E-state index in [1.165, 1.54) is 0 Å². The van der Waals surface area contributed by atoms with Crippen molar-refractivity contribution in [2.75, 3.05) is 0 Å². The number of nitrogens with zero attached hydrogens (tertiary/aromatic N) is 4. The van der Waals surface area contributed by atoms with E-state index in [1.807, 2.05) is 50.5 Å². The molecule has 0 fully saturated rings. The summed E-state index contributed by atoms with van der Waals surface area (Å²) in [5.74, 6) is 0.324. The first-order valence-electron chi connectivity index (χ1n) is 7.16. The van der Waals surface area contributed by atoms with E-state index in [0.29, 0.717) is 5.96 Å². The second-order valence-corrected chi connectivity index (χ2v) is 6.94. The minimum absolute atomic E-state index is 0.324. The highest BCUT2D eigenvalue weighted by molar-refractivity contribution is 7.08. The maximum absolute atomic E-state index is 4.14. The number of hydrazone groups is 2. The lowest BCUT2D eigenvalue weighted by molar-refractivity contribution is 0.890. The largest absolute Gasteiger partial charge is 0.257 e. The van der Waals surface area contributed by atoms with Gasteiger partial charge in [-0.25, -0.2) is 10.9 Å². The standard InChI is InChI=1S/C16H14N6S3/c1-4-23-10-13(1)7-17-20-16(21-18-8-14-2-5-24-11-14)22-19-9-15-3-6-25-12-15/h1-12H,(H2,20,21,22). The summed E-state index contributed by atoms with van der Waals surface area (Å²) in [7, 11) is 0. The smallest absolute Gasteiger partial charge is 0.244 e. The maximum Gasteiger partial charge on any atom is 0.257 e. The van der Waals surface area contributed by atoms with Gasteiger partial charge in [0.25, 0.3) is 5.96 Å². The monoisotopic (exact) mass is 386 g/mol. The van der Waals surface area contributed by atoms with Gasteiger partial charge in [0, 0.05) is 16.7 Å². The molecule has 0 aliphatic heterocycles. The predicted molar refractivity (Wildman–Crippen MR) is 109 cm³/mol. The van der Waals surface area contributed by atoms with Gasteiger partial charge in [-0.3, -0.25) is 0 Å². The summed E-state index contributed by atoms with van der Waals surface area (Å²) in [4.78, 5) is 0. The first kappa shape index (κ1) is 17.2. The molecule has 0 aliphatic rings. The van der Waals surface area contributed by atoms with E-state index in [0.717, 1.165) is 16.7 Å². The Morgan fingerprint density at radius 3 is 1.64 bits per heavy atom. The third-order valence-electron chi connectivity index (χ3n) is 2.76. The molecule has 126 valence electrons. The first-order valence-corrected chi connectivity index (χ1v) is 9.99. The van der Waals surface area contributed by atoms with Crippen molar-refractivity contribution in [2.45, 2.75) is 0 Å². The molecular formula is C16H14N6S3.